The van der Waals surface area contributed by atoms with Crippen LogP contribution in [0.15, 0.2) is 29.6 Å². The lowest BCUT2D eigenvalue weighted by Gasteiger charge is -2.31. The van der Waals surface area contributed by atoms with Crippen molar-refractivity contribution in [2.45, 2.75) is 52.4 Å². The number of benzene rings is 1. The van der Waals surface area contributed by atoms with Gasteiger partial charge in [-0.25, -0.2) is 4.98 Å². The predicted molar refractivity (Wildman–Crippen MR) is 124 cm³/mol. The molecule has 1 N–H and O–H groups in total. The first-order valence-electron chi connectivity index (χ1n) is 11.4. The Labute approximate surface area is 189 Å². The van der Waals surface area contributed by atoms with Crippen LogP contribution in [0.4, 0.5) is 0 Å². The second kappa shape index (κ2) is 10.7. The van der Waals surface area contributed by atoms with Gasteiger partial charge in [0.2, 0.25) is 5.91 Å². The highest BCUT2D eigenvalue weighted by Gasteiger charge is 2.25. The summed E-state index contributed by atoms with van der Waals surface area (Å²) in [6.07, 6.45) is 2.14. The van der Waals surface area contributed by atoms with E-state index in [1.807, 2.05) is 6.92 Å². The number of aryl methyl sites for hydroxylation is 1. The topological polar surface area (TPSA) is 57.7 Å². The van der Waals surface area contributed by atoms with Crippen LogP contribution in [0.5, 0.6) is 0 Å². The molecular weight excluding hydrogens is 408 g/mol. The van der Waals surface area contributed by atoms with E-state index in [4.69, 9.17) is 4.74 Å². The van der Waals surface area contributed by atoms with Crippen molar-refractivity contribution in [2.75, 3.05) is 32.8 Å². The number of likely N-dealkylation sites (tertiary alicyclic amines) is 1. The standard InChI is InChI=1S/C24H34N4O2S/c1-18-14-28(10-11-30-18)15-21-5-3-4-20(12-21)13-25-24(29)22-6-8-27(9-7-22)16-23-17-31-19(2)26-23/h3-5,12,17-18,22H,6-11,13-16H2,1-2H3,(H,25,29). The predicted octanol–water partition coefficient (Wildman–Crippen LogP) is 3.20. The summed E-state index contributed by atoms with van der Waals surface area (Å²) in [6, 6.07) is 8.59. The zero-order chi connectivity index (χ0) is 21.6. The molecule has 2 fully saturated rings. The number of piperidine rings is 1. The number of carbonyl (C=O) groups is 1. The number of hydrogen-bond donors (Lipinski definition) is 1. The van der Waals surface area contributed by atoms with Crippen LogP contribution in [-0.4, -0.2) is 59.6 Å². The van der Waals surface area contributed by atoms with E-state index >= 15 is 0 Å². The van der Waals surface area contributed by atoms with E-state index in [0.717, 1.165) is 69.4 Å². The third-order valence-corrected chi connectivity index (χ3v) is 7.02. The van der Waals surface area contributed by atoms with E-state index in [9.17, 15) is 4.79 Å². The van der Waals surface area contributed by atoms with Crippen LogP contribution in [0, 0.1) is 12.8 Å². The third-order valence-electron chi connectivity index (χ3n) is 6.20. The number of carbonyl (C=O) groups excluding carboxylic acids is 1. The van der Waals surface area contributed by atoms with Crippen molar-refractivity contribution in [1.29, 1.82) is 0 Å². The Hall–Kier alpha value is -1.80. The fourth-order valence-corrected chi connectivity index (χ4v) is 5.13. The Kier molecular flexibility index (Phi) is 7.72. The summed E-state index contributed by atoms with van der Waals surface area (Å²) >= 11 is 1.70. The van der Waals surface area contributed by atoms with Gasteiger partial charge < -0.3 is 10.1 Å². The monoisotopic (exact) mass is 442 g/mol. The smallest absolute Gasteiger partial charge is 0.223 e. The molecule has 1 atom stereocenters. The molecule has 2 aliphatic heterocycles. The number of thiazole rings is 1. The molecule has 2 saturated heterocycles. The number of ether oxygens (including phenoxy) is 1. The number of hydrogen-bond acceptors (Lipinski definition) is 6. The van der Waals surface area contributed by atoms with Crippen LogP contribution in [0.3, 0.4) is 0 Å². The summed E-state index contributed by atoms with van der Waals surface area (Å²) in [6.45, 7) is 11.3. The van der Waals surface area contributed by atoms with Crippen molar-refractivity contribution in [3.05, 3.63) is 51.5 Å². The summed E-state index contributed by atoms with van der Waals surface area (Å²) < 4.78 is 5.63. The van der Waals surface area contributed by atoms with Gasteiger partial charge in [0.05, 0.1) is 23.4 Å². The Balaban J connectivity index is 1.21. The molecule has 7 heteroatoms. The number of rotatable bonds is 7. The van der Waals surface area contributed by atoms with E-state index < -0.39 is 0 Å². The molecule has 1 unspecified atom stereocenters. The molecule has 0 saturated carbocycles. The molecule has 2 aromatic rings. The summed E-state index contributed by atoms with van der Waals surface area (Å²) in [4.78, 5) is 22.1. The minimum atomic E-state index is 0.117. The molecule has 0 spiro atoms. The molecule has 0 radical (unpaired) electrons. The molecule has 31 heavy (non-hydrogen) atoms. The van der Waals surface area contributed by atoms with Crippen molar-refractivity contribution >= 4 is 17.2 Å². The third kappa shape index (κ3) is 6.59. The minimum Gasteiger partial charge on any atom is -0.376 e. The van der Waals surface area contributed by atoms with Gasteiger partial charge in [0.1, 0.15) is 0 Å². The lowest BCUT2D eigenvalue weighted by Crippen LogP contribution is -2.40. The first-order valence-corrected chi connectivity index (χ1v) is 12.3. The van der Waals surface area contributed by atoms with Gasteiger partial charge in [-0.05, 0) is 50.9 Å². The van der Waals surface area contributed by atoms with E-state index in [-0.39, 0.29) is 11.8 Å². The van der Waals surface area contributed by atoms with Crippen LogP contribution >= 0.6 is 11.3 Å². The van der Waals surface area contributed by atoms with Crippen molar-refractivity contribution in [1.82, 2.24) is 20.1 Å². The number of amides is 1. The lowest BCUT2D eigenvalue weighted by atomic mass is 9.95. The summed E-state index contributed by atoms with van der Waals surface area (Å²) in [7, 11) is 0. The van der Waals surface area contributed by atoms with Gasteiger partial charge in [-0.2, -0.15) is 0 Å². The largest absolute Gasteiger partial charge is 0.376 e. The minimum absolute atomic E-state index is 0.117. The highest BCUT2D eigenvalue weighted by molar-refractivity contribution is 7.09. The van der Waals surface area contributed by atoms with Gasteiger partial charge in [-0.3, -0.25) is 14.6 Å². The maximum Gasteiger partial charge on any atom is 0.223 e. The Morgan fingerprint density at radius 3 is 2.74 bits per heavy atom. The van der Waals surface area contributed by atoms with Gasteiger partial charge in [-0.1, -0.05) is 24.3 Å². The fourth-order valence-electron chi connectivity index (χ4n) is 4.53. The first kappa shape index (κ1) is 22.4. The van der Waals surface area contributed by atoms with Gasteiger partial charge >= 0.3 is 0 Å². The van der Waals surface area contributed by atoms with Crippen LogP contribution in [0.25, 0.3) is 0 Å². The second-order valence-electron chi connectivity index (χ2n) is 8.86. The van der Waals surface area contributed by atoms with Crippen molar-refractivity contribution in [3.63, 3.8) is 0 Å². The molecule has 0 aliphatic carbocycles. The molecule has 4 rings (SSSR count). The SMILES string of the molecule is Cc1nc(CN2CCC(C(=O)NCc3cccc(CN4CCOC(C)C4)c3)CC2)cs1. The van der Waals surface area contributed by atoms with E-state index in [1.54, 1.807) is 11.3 Å². The number of morpholine rings is 1. The Morgan fingerprint density at radius 2 is 2.00 bits per heavy atom. The van der Waals surface area contributed by atoms with Gasteiger partial charge in [0, 0.05) is 44.0 Å². The maximum absolute atomic E-state index is 12.7. The summed E-state index contributed by atoms with van der Waals surface area (Å²) in [5.74, 6) is 0.308. The van der Waals surface area contributed by atoms with Crippen molar-refractivity contribution in [2.24, 2.45) is 5.92 Å². The number of nitrogens with one attached hydrogen (secondary N) is 1. The summed E-state index contributed by atoms with van der Waals surface area (Å²) in [5.41, 5.74) is 3.62. The number of nitrogens with zero attached hydrogens (tertiary/aromatic N) is 3. The average molecular weight is 443 g/mol. The van der Waals surface area contributed by atoms with Crippen molar-refractivity contribution < 1.29 is 9.53 Å². The van der Waals surface area contributed by atoms with Gasteiger partial charge in [0.25, 0.3) is 0 Å². The summed E-state index contributed by atoms with van der Waals surface area (Å²) in [5, 5.41) is 6.43. The molecule has 0 bridgehead atoms. The molecule has 1 amide bonds. The highest BCUT2D eigenvalue weighted by Crippen LogP contribution is 2.20. The zero-order valence-corrected chi connectivity index (χ0v) is 19.5. The van der Waals surface area contributed by atoms with Crippen LogP contribution in [-0.2, 0) is 29.2 Å². The quantitative estimate of drug-likeness (QED) is 0.714. The van der Waals surface area contributed by atoms with E-state index in [0.29, 0.717) is 12.6 Å². The lowest BCUT2D eigenvalue weighted by molar-refractivity contribution is -0.126. The van der Waals surface area contributed by atoms with Gasteiger partial charge in [0.15, 0.2) is 0 Å². The molecule has 168 valence electrons. The van der Waals surface area contributed by atoms with Crippen LogP contribution < -0.4 is 5.32 Å². The zero-order valence-electron chi connectivity index (χ0n) is 18.7. The van der Waals surface area contributed by atoms with Crippen LogP contribution in [0.1, 0.15) is 41.6 Å². The highest BCUT2D eigenvalue weighted by atomic mass is 32.1. The number of aromatic nitrogens is 1. The molecule has 1 aromatic heterocycles. The molecule has 1 aromatic carbocycles. The first-order chi connectivity index (χ1) is 15.0. The van der Waals surface area contributed by atoms with Gasteiger partial charge in [-0.15, -0.1) is 11.3 Å². The van der Waals surface area contributed by atoms with E-state index in [2.05, 4.69) is 56.7 Å². The molecular formula is C24H34N4O2S. The molecule has 6 nitrogen and oxygen atoms in total. The average Bonchev–Trinajstić information content (AvgIpc) is 3.17. The molecule has 2 aliphatic rings. The maximum atomic E-state index is 12.7. The Morgan fingerprint density at radius 1 is 1.19 bits per heavy atom. The second-order valence-corrected chi connectivity index (χ2v) is 9.92. The van der Waals surface area contributed by atoms with Crippen molar-refractivity contribution in [3.8, 4) is 0 Å². The van der Waals surface area contributed by atoms with E-state index in [1.165, 1.54) is 11.1 Å². The van der Waals surface area contributed by atoms with Crippen LogP contribution in [0.2, 0.25) is 0 Å². The normalized spacial score (nSPS) is 21.3. The molecule has 3 heterocycles. The fraction of sp³-hybridized carbons (Fsp3) is 0.583. The Bertz CT molecular complexity index is 863.